The summed E-state index contributed by atoms with van der Waals surface area (Å²) in [4.78, 5) is 19.4. The molecule has 0 aliphatic rings. The second-order valence-corrected chi connectivity index (χ2v) is 3.92. The van der Waals surface area contributed by atoms with Crippen molar-refractivity contribution >= 4 is 27.8 Å². The predicted octanol–water partition coefficient (Wildman–Crippen LogP) is 1.79. The van der Waals surface area contributed by atoms with E-state index in [4.69, 9.17) is 4.52 Å². The third kappa shape index (κ3) is 2.43. The number of anilines is 1. The fourth-order valence-electron chi connectivity index (χ4n) is 1.02. The number of hydrogen-bond donors (Lipinski definition) is 1. The monoisotopic (exact) mass is 282 g/mol. The quantitative estimate of drug-likeness (QED) is 0.908. The van der Waals surface area contributed by atoms with Gasteiger partial charge in [-0.15, -0.1) is 0 Å². The maximum absolute atomic E-state index is 11.6. The summed E-state index contributed by atoms with van der Waals surface area (Å²) < 4.78 is 5.52. The van der Waals surface area contributed by atoms with Crippen LogP contribution in [0.4, 0.5) is 5.95 Å². The highest BCUT2D eigenvalue weighted by Gasteiger charge is 2.11. The zero-order valence-corrected chi connectivity index (χ0v) is 9.85. The van der Waals surface area contributed by atoms with E-state index in [0.29, 0.717) is 5.76 Å². The number of halogens is 1. The Morgan fingerprint density at radius 3 is 2.69 bits per heavy atom. The lowest BCUT2D eigenvalue weighted by Gasteiger charge is -1.99. The van der Waals surface area contributed by atoms with E-state index in [1.807, 2.05) is 0 Å². The smallest absolute Gasteiger partial charge is 0.280 e. The van der Waals surface area contributed by atoms with Gasteiger partial charge in [0.1, 0.15) is 5.76 Å². The topological polar surface area (TPSA) is 80.9 Å². The first kappa shape index (κ1) is 10.7. The van der Waals surface area contributed by atoms with Crippen molar-refractivity contribution in [3.8, 4) is 0 Å². The van der Waals surface area contributed by atoms with Crippen LogP contribution < -0.4 is 5.32 Å². The molecule has 0 aliphatic heterocycles. The molecule has 0 atom stereocenters. The summed E-state index contributed by atoms with van der Waals surface area (Å²) in [5, 5.41) is 6.07. The van der Waals surface area contributed by atoms with Crippen LogP contribution in [0.3, 0.4) is 0 Å². The molecule has 1 amide bonds. The maximum Gasteiger partial charge on any atom is 0.280 e. The Labute approximate surface area is 99.2 Å². The third-order valence-electron chi connectivity index (χ3n) is 1.71. The summed E-state index contributed by atoms with van der Waals surface area (Å²) >= 11 is 3.19. The van der Waals surface area contributed by atoms with E-state index in [0.717, 1.165) is 4.47 Å². The molecular formula is C9H7BrN4O2. The van der Waals surface area contributed by atoms with Crippen LogP contribution in [0.15, 0.2) is 27.5 Å². The van der Waals surface area contributed by atoms with Crippen LogP contribution in [0.5, 0.6) is 0 Å². The lowest BCUT2D eigenvalue weighted by atomic mass is 10.3. The summed E-state index contributed by atoms with van der Waals surface area (Å²) in [6.45, 7) is 1.71. The second kappa shape index (κ2) is 4.40. The Kier molecular flexibility index (Phi) is 2.95. The molecule has 0 aromatic carbocycles. The molecule has 7 heteroatoms. The molecule has 6 nitrogen and oxygen atoms in total. The molecule has 0 bridgehead atoms. The van der Waals surface area contributed by atoms with Gasteiger partial charge in [-0.25, -0.2) is 9.97 Å². The van der Waals surface area contributed by atoms with Crippen LogP contribution >= 0.6 is 15.9 Å². The molecule has 2 aromatic rings. The van der Waals surface area contributed by atoms with Crippen molar-refractivity contribution in [2.45, 2.75) is 6.92 Å². The normalized spacial score (nSPS) is 10.1. The summed E-state index contributed by atoms with van der Waals surface area (Å²) in [6.07, 6.45) is 3.08. The van der Waals surface area contributed by atoms with Gasteiger partial charge in [-0.2, -0.15) is 0 Å². The summed E-state index contributed by atoms with van der Waals surface area (Å²) in [5.74, 6) is 0.384. The van der Waals surface area contributed by atoms with Gasteiger partial charge in [0, 0.05) is 18.5 Å². The van der Waals surface area contributed by atoms with Crippen LogP contribution in [0.2, 0.25) is 0 Å². The standard InChI is InChI=1S/C9H7BrN4O2/c1-5-2-7(14-16-5)8(15)13-9-11-3-6(10)4-12-9/h2-4H,1H3,(H,11,12,13,15). The Morgan fingerprint density at radius 1 is 1.44 bits per heavy atom. The van der Waals surface area contributed by atoms with E-state index in [1.54, 1.807) is 6.92 Å². The molecule has 0 radical (unpaired) electrons. The van der Waals surface area contributed by atoms with Crippen LogP contribution in [0.1, 0.15) is 16.2 Å². The predicted molar refractivity (Wildman–Crippen MR) is 58.9 cm³/mol. The first-order valence-corrected chi connectivity index (χ1v) is 5.16. The van der Waals surface area contributed by atoms with Crippen LogP contribution in [0.25, 0.3) is 0 Å². The molecule has 2 rings (SSSR count). The number of rotatable bonds is 2. The van der Waals surface area contributed by atoms with E-state index in [-0.39, 0.29) is 11.6 Å². The van der Waals surface area contributed by atoms with Gasteiger partial charge in [0.2, 0.25) is 5.95 Å². The van der Waals surface area contributed by atoms with Crippen LogP contribution in [-0.4, -0.2) is 21.0 Å². The maximum atomic E-state index is 11.6. The van der Waals surface area contributed by atoms with Crippen molar-refractivity contribution in [3.63, 3.8) is 0 Å². The number of aryl methyl sites for hydroxylation is 1. The number of hydrogen-bond acceptors (Lipinski definition) is 5. The van der Waals surface area contributed by atoms with Gasteiger partial charge in [0.15, 0.2) is 5.69 Å². The number of nitrogens with one attached hydrogen (secondary N) is 1. The molecule has 0 saturated carbocycles. The molecule has 16 heavy (non-hydrogen) atoms. The number of nitrogens with zero attached hydrogens (tertiary/aromatic N) is 3. The number of carbonyl (C=O) groups excluding carboxylic acids is 1. The molecular weight excluding hydrogens is 276 g/mol. The van der Waals surface area contributed by atoms with Crippen molar-refractivity contribution in [1.29, 1.82) is 0 Å². The van der Waals surface area contributed by atoms with Crippen molar-refractivity contribution in [2.24, 2.45) is 0 Å². The number of aromatic nitrogens is 3. The SMILES string of the molecule is Cc1cc(C(=O)Nc2ncc(Br)cn2)no1. The van der Waals surface area contributed by atoms with E-state index in [9.17, 15) is 4.79 Å². The van der Waals surface area contributed by atoms with E-state index in [1.165, 1.54) is 18.5 Å². The van der Waals surface area contributed by atoms with Gasteiger partial charge < -0.3 is 4.52 Å². The number of carbonyl (C=O) groups is 1. The molecule has 1 N–H and O–H groups in total. The van der Waals surface area contributed by atoms with Gasteiger partial charge >= 0.3 is 0 Å². The highest BCUT2D eigenvalue weighted by Crippen LogP contribution is 2.08. The third-order valence-corrected chi connectivity index (χ3v) is 2.12. The van der Waals surface area contributed by atoms with E-state index in [2.05, 4.69) is 36.4 Å². The van der Waals surface area contributed by atoms with Crippen molar-refractivity contribution < 1.29 is 9.32 Å². The van der Waals surface area contributed by atoms with Gasteiger partial charge in [0.05, 0.1) is 4.47 Å². The summed E-state index contributed by atoms with van der Waals surface area (Å²) in [7, 11) is 0. The Balaban J connectivity index is 2.10. The van der Waals surface area contributed by atoms with Crippen molar-refractivity contribution in [2.75, 3.05) is 5.32 Å². The molecule has 2 aromatic heterocycles. The Bertz CT molecular complexity index is 508. The van der Waals surface area contributed by atoms with Gasteiger partial charge in [-0.3, -0.25) is 10.1 Å². The highest BCUT2D eigenvalue weighted by molar-refractivity contribution is 9.10. The van der Waals surface area contributed by atoms with Crippen molar-refractivity contribution in [1.82, 2.24) is 15.1 Å². The lowest BCUT2D eigenvalue weighted by molar-refractivity contribution is 0.101. The van der Waals surface area contributed by atoms with Gasteiger partial charge in [0.25, 0.3) is 5.91 Å². The molecule has 82 valence electrons. The molecule has 0 spiro atoms. The number of amides is 1. The summed E-state index contributed by atoms with van der Waals surface area (Å²) in [6, 6.07) is 1.54. The molecule has 0 saturated heterocycles. The average molecular weight is 283 g/mol. The van der Waals surface area contributed by atoms with Crippen LogP contribution in [0, 0.1) is 6.92 Å². The zero-order chi connectivity index (χ0) is 11.5. The minimum absolute atomic E-state index is 0.198. The fraction of sp³-hybridized carbons (Fsp3) is 0.111. The minimum Gasteiger partial charge on any atom is -0.361 e. The molecule has 0 fully saturated rings. The van der Waals surface area contributed by atoms with E-state index >= 15 is 0 Å². The van der Waals surface area contributed by atoms with E-state index < -0.39 is 5.91 Å². The molecule has 0 unspecified atom stereocenters. The minimum atomic E-state index is -0.404. The zero-order valence-electron chi connectivity index (χ0n) is 8.27. The second-order valence-electron chi connectivity index (χ2n) is 3.00. The largest absolute Gasteiger partial charge is 0.361 e. The Morgan fingerprint density at radius 2 is 2.12 bits per heavy atom. The van der Waals surface area contributed by atoms with Crippen molar-refractivity contribution in [3.05, 3.63) is 34.4 Å². The summed E-state index contributed by atoms with van der Waals surface area (Å²) in [5.41, 5.74) is 0.198. The Hall–Kier alpha value is -1.76. The van der Waals surface area contributed by atoms with Crippen LogP contribution in [-0.2, 0) is 0 Å². The molecule has 2 heterocycles. The highest BCUT2D eigenvalue weighted by atomic mass is 79.9. The first-order valence-electron chi connectivity index (χ1n) is 4.37. The average Bonchev–Trinajstić information content (AvgIpc) is 2.68. The fourth-order valence-corrected chi connectivity index (χ4v) is 1.22. The van der Waals surface area contributed by atoms with Gasteiger partial charge in [-0.05, 0) is 22.9 Å². The lowest BCUT2D eigenvalue weighted by Crippen LogP contribution is -2.14. The molecule has 0 aliphatic carbocycles. The first-order chi connectivity index (χ1) is 7.65. The van der Waals surface area contributed by atoms with Gasteiger partial charge in [-0.1, -0.05) is 5.16 Å².